The second-order valence-corrected chi connectivity index (χ2v) is 8.86. The van der Waals surface area contributed by atoms with Crippen molar-refractivity contribution in [3.63, 3.8) is 0 Å². The van der Waals surface area contributed by atoms with Crippen molar-refractivity contribution in [1.29, 1.82) is 0 Å². The molecule has 1 N–H and O–H groups in total. The Morgan fingerprint density at radius 1 is 0.892 bits per heavy atom. The quantitative estimate of drug-likeness (QED) is 0.404. The van der Waals surface area contributed by atoms with Gasteiger partial charge >= 0.3 is 5.69 Å². The lowest BCUT2D eigenvalue weighted by Gasteiger charge is -2.14. The molecule has 0 aliphatic rings. The summed E-state index contributed by atoms with van der Waals surface area (Å²) in [6.45, 7) is 0. The molecule has 3 aromatic heterocycles. The van der Waals surface area contributed by atoms with Crippen LogP contribution in [0, 0.1) is 0 Å². The Bertz CT molecular complexity index is 1930. The topological polar surface area (TPSA) is 96.0 Å². The first-order valence-electron chi connectivity index (χ1n) is 11.8. The average Bonchev–Trinajstić information content (AvgIpc) is 3.42. The van der Waals surface area contributed by atoms with Crippen molar-refractivity contribution in [2.45, 2.75) is 0 Å². The van der Waals surface area contributed by atoms with Crippen molar-refractivity contribution in [1.82, 2.24) is 29.0 Å². The van der Waals surface area contributed by atoms with Crippen LogP contribution in [0.1, 0.15) is 10.5 Å². The molecule has 0 spiro atoms. The summed E-state index contributed by atoms with van der Waals surface area (Å²) in [4.78, 5) is 34.6. The molecule has 0 saturated carbocycles. The van der Waals surface area contributed by atoms with Crippen molar-refractivity contribution >= 4 is 38.9 Å². The number of carbonyl (C=O) groups is 1. The maximum Gasteiger partial charge on any atom is 0.328 e. The van der Waals surface area contributed by atoms with Crippen molar-refractivity contribution in [2.75, 3.05) is 14.2 Å². The number of nitrogens with one attached hydrogen (secondary N) is 1. The van der Waals surface area contributed by atoms with Crippen LogP contribution in [0.3, 0.4) is 0 Å². The Hall–Kier alpha value is -4.92. The number of benzene rings is 3. The number of ether oxygens (including phenoxy) is 1. The largest absolute Gasteiger partial charge is 0.496 e. The number of fused-ring (bicyclic) bond motifs is 3. The van der Waals surface area contributed by atoms with E-state index in [1.54, 1.807) is 49.5 Å². The lowest BCUT2D eigenvalue weighted by molar-refractivity contribution is 0.0958. The average molecular weight is 493 g/mol. The summed E-state index contributed by atoms with van der Waals surface area (Å²) >= 11 is 0. The van der Waals surface area contributed by atoms with Crippen molar-refractivity contribution in [3.8, 4) is 22.8 Å². The first-order valence-corrected chi connectivity index (χ1v) is 11.8. The molecule has 6 rings (SSSR count). The number of amides is 1. The number of imidazole rings is 2. The number of hydrogen-bond acceptors (Lipinski definition) is 5. The zero-order chi connectivity index (χ0) is 25.8. The van der Waals surface area contributed by atoms with Crippen LogP contribution in [-0.4, -0.2) is 43.7 Å². The fourth-order valence-corrected chi connectivity index (χ4v) is 4.83. The molecule has 0 aliphatic carbocycles. The number of carbonyl (C=O) groups excluding carboxylic acids is 1. The fourth-order valence-electron chi connectivity index (χ4n) is 4.83. The highest BCUT2D eigenvalue weighted by molar-refractivity contribution is 5.96. The predicted molar refractivity (Wildman–Crippen MR) is 143 cm³/mol. The number of hydrogen-bond donors (Lipinski definition) is 1. The lowest BCUT2D eigenvalue weighted by Crippen LogP contribution is -2.19. The standard InChI is InChI=1S/C28H24N6O3/c1-29-27(35)21-11-10-20-26(31-21)34(18-9-12-22-23(15-18)33(3)28(36)32(22)2)25(30-20)19-13-16-7-5-6-8-17(16)14-24(19)37-4/h5-15H,1-4H3,(H,29,35). The predicted octanol–water partition coefficient (Wildman–Crippen LogP) is 3.80. The van der Waals surface area contributed by atoms with E-state index < -0.39 is 0 Å². The highest BCUT2D eigenvalue weighted by Gasteiger charge is 2.21. The van der Waals surface area contributed by atoms with Crippen LogP contribution in [0.15, 0.2) is 71.5 Å². The van der Waals surface area contributed by atoms with E-state index in [0.717, 1.165) is 33.1 Å². The fraction of sp³-hybridized carbons (Fsp3) is 0.143. The van der Waals surface area contributed by atoms with Crippen LogP contribution >= 0.6 is 0 Å². The number of pyridine rings is 1. The monoisotopic (exact) mass is 492 g/mol. The van der Waals surface area contributed by atoms with Gasteiger partial charge in [-0.25, -0.2) is 14.8 Å². The van der Waals surface area contributed by atoms with Crippen molar-refractivity contribution in [3.05, 3.63) is 82.9 Å². The maximum atomic E-state index is 12.6. The van der Waals surface area contributed by atoms with Crippen molar-refractivity contribution < 1.29 is 9.53 Å². The molecule has 9 heteroatoms. The zero-order valence-corrected chi connectivity index (χ0v) is 20.8. The normalized spacial score (nSPS) is 11.5. The Kier molecular flexibility index (Phi) is 5.08. The third-order valence-electron chi connectivity index (χ3n) is 6.79. The van der Waals surface area contributed by atoms with E-state index in [1.807, 2.05) is 59.2 Å². The van der Waals surface area contributed by atoms with E-state index in [1.165, 1.54) is 0 Å². The minimum Gasteiger partial charge on any atom is -0.496 e. The second-order valence-electron chi connectivity index (χ2n) is 8.86. The molecule has 0 aliphatic heterocycles. The minimum atomic E-state index is -0.291. The van der Waals surface area contributed by atoms with Gasteiger partial charge in [0.15, 0.2) is 11.5 Å². The molecule has 0 fully saturated rings. The van der Waals surface area contributed by atoms with Crippen LogP contribution in [0.5, 0.6) is 5.75 Å². The molecule has 9 nitrogen and oxygen atoms in total. The van der Waals surface area contributed by atoms with E-state index in [0.29, 0.717) is 22.7 Å². The van der Waals surface area contributed by atoms with Gasteiger partial charge in [0.1, 0.15) is 17.0 Å². The van der Waals surface area contributed by atoms with Crippen LogP contribution in [-0.2, 0) is 14.1 Å². The van der Waals surface area contributed by atoms with Gasteiger partial charge in [-0.1, -0.05) is 24.3 Å². The van der Waals surface area contributed by atoms with E-state index in [4.69, 9.17) is 9.72 Å². The van der Waals surface area contributed by atoms with Crippen LogP contribution in [0.2, 0.25) is 0 Å². The molecule has 0 unspecified atom stereocenters. The van der Waals surface area contributed by atoms with Crippen LogP contribution in [0.4, 0.5) is 0 Å². The molecule has 1 amide bonds. The highest BCUT2D eigenvalue weighted by atomic mass is 16.5. The number of aryl methyl sites for hydroxylation is 2. The summed E-state index contributed by atoms with van der Waals surface area (Å²) in [6, 6.07) is 21.3. The van der Waals surface area contributed by atoms with Crippen LogP contribution in [0.25, 0.3) is 50.0 Å². The lowest BCUT2D eigenvalue weighted by atomic mass is 10.1. The van der Waals surface area contributed by atoms with E-state index in [-0.39, 0.29) is 17.3 Å². The van der Waals surface area contributed by atoms with Gasteiger partial charge in [0.05, 0.1) is 29.4 Å². The van der Waals surface area contributed by atoms with Gasteiger partial charge in [-0.3, -0.25) is 18.5 Å². The molecule has 0 bridgehead atoms. The van der Waals surface area contributed by atoms with E-state index in [2.05, 4.69) is 10.3 Å². The number of nitrogens with zero attached hydrogens (tertiary/aromatic N) is 5. The summed E-state index contributed by atoms with van der Waals surface area (Å²) in [7, 11) is 6.70. The van der Waals surface area contributed by atoms with Gasteiger partial charge in [0.25, 0.3) is 5.91 Å². The van der Waals surface area contributed by atoms with Gasteiger partial charge in [0, 0.05) is 21.1 Å². The van der Waals surface area contributed by atoms with Gasteiger partial charge in [-0.15, -0.1) is 0 Å². The third kappa shape index (κ3) is 3.39. The molecule has 37 heavy (non-hydrogen) atoms. The summed E-state index contributed by atoms with van der Waals surface area (Å²) < 4.78 is 10.9. The van der Waals surface area contributed by atoms with Gasteiger partial charge in [-0.05, 0) is 53.2 Å². The smallest absolute Gasteiger partial charge is 0.328 e. The Morgan fingerprint density at radius 3 is 2.35 bits per heavy atom. The number of aromatic nitrogens is 5. The zero-order valence-electron chi connectivity index (χ0n) is 20.8. The molecular formula is C28H24N6O3. The summed E-state index contributed by atoms with van der Waals surface area (Å²) in [6.07, 6.45) is 0. The second kappa shape index (κ2) is 8.34. The summed E-state index contributed by atoms with van der Waals surface area (Å²) in [5.74, 6) is 0.981. The molecule has 6 aromatic rings. The Labute approximate surface area is 211 Å². The first kappa shape index (κ1) is 22.5. The SMILES string of the molecule is CNC(=O)c1ccc2nc(-c3cc4ccccc4cc3OC)n(-c3ccc4c(c3)n(C)c(=O)n4C)c2n1. The highest BCUT2D eigenvalue weighted by Crippen LogP contribution is 2.37. The van der Waals surface area contributed by atoms with Crippen molar-refractivity contribution in [2.24, 2.45) is 14.1 Å². The number of methoxy groups -OCH3 is 1. The molecular weight excluding hydrogens is 468 g/mol. The molecule has 3 aromatic carbocycles. The first-order chi connectivity index (χ1) is 17.9. The summed E-state index contributed by atoms with van der Waals surface area (Å²) in [5.41, 5.74) is 4.42. The molecule has 3 heterocycles. The number of rotatable bonds is 4. The van der Waals surface area contributed by atoms with E-state index in [9.17, 15) is 9.59 Å². The third-order valence-corrected chi connectivity index (χ3v) is 6.79. The van der Waals surface area contributed by atoms with Gasteiger partial charge in [-0.2, -0.15) is 0 Å². The van der Waals surface area contributed by atoms with Gasteiger partial charge in [0.2, 0.25) is 0 Å². The molecule has 0 radical (unpaired) electrons. The van der Waals surface area contributed by atoms with Crippen LogP contribution < -0.4 is 15.7 Å². The maximum absolute atomic E-state index is 12.6. The van der Waals surface area contributed by atoms with E-state index >= 15 is 0 Å². The summed E-state index contributed by atoms with van der Waals surface area (Å²) in [5, 5.41) is 4.72. The Balaban J connectivity index is 1.71. The molecule has 0 saturated heterocycles. The van der Waals surface area contributed by atoms with Gasteiger partial charge < -0.3 is 10.1 Å². The molecule has 0 atom stereocenters. The molecule has 184 valence electrons. The Morgan fingerprint density at radius 2 is 1.62 bits per heavy atom. The minimum absolute atomic E-state index is 0.112.